The van der Waals surface area contributed by atoms with Gasteiger partial charge in [0.15, 0.2) is 23.0 Å². The molecule has 0 saturated heterocycles. The molecule has 0 aliphatic carbocycles. The van der Waals surface area contributed by atoms with E-state index >= 15 is 0 Å². The highest BCUT2D eigenvalue weighted by Crippen LogP contribution is 2.41. The molecule has 4 aromatic carbocycles. The summed E-state index contributed by atoms with van der Waals surface area (Å²) in [7, 11) is 1.45. The molecule has 236 valence electrons. The lowest BCUT2D eigenvalue weighted by Crippen LogP contribution is -2.19. The molecule has 2 N–H and O–H groups in total. The van der Waals surface area contributed by atoms with Crippen LogP contribution in [0.25, 0.3) is 22.0 Å². The van der Waals surface area contributed by atoms with Gasteiger partial charge in [0.25, 0.3) is 5.91 Å². The summed E-state index contributed by atoms with van der Waals surface area (Å²) in [6.07, 6.45) is 1.43. The number of carbonyl (C=O) groups is 2. The molecule has 1 aromatic heterocycles. The number of halogens is 3. The number of H-pyrrole nitrogens is 1. The molecule has 12 heteroatoms. The smallest absolute Gasteiger partial charge is 0.343 e. The van der Waals surface area contributed by atoms with Crippen molar-refractivity contribution in [1.82, 2.24) is 10.4 Å². The lowest BCUT2D eigenvalue weighted by Gasteiger charge is -2.13. The van der Waals surface area contributed by atoms with Gasteiger partial charge in [-0.3, -0.25) is 4.79 Å². The van der Waals surface area contributed by atoms with E-state index in [0.29, 0.717) is 67.4 Å². The quantitative estimate of drug-likeness (QED) is 0.0626. The second kappa shape index (κ2) is 14.6. The second-order valence-electron chi connectivity index (χ2n) is 9.69. The van der Waals surface area contributed by atoms with Crippen molar-refractivity contribution in [1.29, 1.82) is 0 Å². The Labute approximate surface area is 280 Å². The number of nitrogens with zero attached hydrogens (tertiary/aromatic N) is 1. The number of esters is 1. The Morgan fingerprint density at radius 3 is 2.33 bits per heavy atom. The molecule has 5 aromatic rings. The normalized spacial score (nSPS) is 11.1. The van der Waals surface area contributed by atoms with Crippen molar-refractivity contribution in [3.05, 3.63) is 105 Å². The van der Waals surface area contributed by atoms with E-state index in [2.05, 4.69) is 15.5 Å². The summed E-state index contributed by atoms with van der Waals surface area (Å²) in [5.41, 5.74) is 5.28. The molecule has 0 aliphatic rings. The number of benzene rings is 4. The van der Waals surface area contributed by atoms with Gasteiger partial charge in [-0.05, 0) is 74.0 Å². The number of aromatic amines is 1. The Morgan fingerprint density at radius 1 is 0.848 bits per heavy atom. The number of fused-ring (bicyclic) bond motifs is 1. The van der Waals surface area contributed by atoms with Gasteiger partial charge in [0.2, 0.25) is 0 Å². The van der Waals surface area contributed by atoms with Crippen LogP contribution in [0.5, 0.6) is 23.0 Å². The topological polar surface area (TPSA) is 111 Å². The number of nitrogens with one attached hydrogen (secondary N) is 2. The predicted molar refractivity (Wildman–Crippen MR) is 181 cm³/mol. The second-order valence-corrected chi connectivity index (χ2v) is 10.9. The van der Waals surface area contributed by atoms with E-state index in [1.54, 1.807) is 66.7 Å². The van der Waals surface area contributed by atoms with Crippen molar-refractivity contribution in [2.45, 2.75) is 13.8 Å². The minimum absolute atomic E-state index is 0.193. The van der Waals surface area contributed by atoms with Gasteiger partial charge in [-0.15, -0.1) is 0 Å². The van der Waals surface area contributed by atoms with Gasteiger partial charge in [0.05, 0.1) is 37.1 Å². The van der Waals surface area contributed by atoms with Gasteiger partial charge in [0.1, 0.15) is 5.69 Å². The first-order valence-electron chi connectivity index (χ1n) is 14.1. The molecule has 9 nitrogen and oxygen atoms in total. The van der Waals surface area contributed by atoms with Crippen LogP contribution in [0.4, 0.5) is 0 Å². The number of rotatable bonds is 11. The monoisotopic (exact) mass is 679 g/mol. The van der Waals surface area contributed by atoms with Crippen LogP contribution in [0.2, 0.25) is 15.1 Å². The van der Waals surface area contributed by atoms with Crippen molar-refractivity contribution < 1.29 is 28.5 Å². The molecule has 0 unspecified atom stereocenters. The fourth-order valence-electron chi connectivity index (χ4n) is 4.76. The van der Waals surface area contributed by atoms with E-state index < -0.39 is 11.9 Å². The highest BCUT2D eigenvalue weighted by molar-refractivity contribution is 6.41. The molecule has 0 saturated carbocycles. The third-order valence-electron chi connectivity index (χ3n) is 6.73. The van der Waals surface area contributed by atoms with Crippen LogP contribution in [-0.4, -0.2) is 43.4 Å². The summed E-state index contributed by atoms with van der Waals surface area (Å²) < 4.78 is 22.2. The molecule has 5 rings (SSSR count). The van der Waals surface area contributed by atoms with Gasteiger partial charge in [-0.2, -0.15) is 5.10 Å². The summed E-state index contributed by atoms with van der Waals surface area (Å²) in [5.74, 6) is 0.310. The average Bonchev–Trinajstić information content (AvgIpc) is 3.42. The van der Waals surface area contributed by atoms with Gasteiger partial charge >= 0.3 is 5.97 Å². The molecular formula is C34H28Cl3N3O6. The van der Waals surface area contributed by atoms with Crippen LogP contribution in [0.3, 0.4) is 0 Å². The van der Waals surface area contributed by atoms with Gasteiger partial charge in [-0.1, -0.05) is 53.0 Å². The zero-order valence-corrected chi connectivity index (χ0v) is 27.2. The SMILES string of the molecule is CCOc1ccc(C(=O)Oc2ccc(C=NNC(=O)c3[nH]c4cc(Cl)cc(Cl)c4c3-c3ccccc3Cl)cc2OC)cc1OCC. The Morgan fingerprint density at radius 2 is 1.59 bits per heavy atom. The molecule has 0 bridgehead atoms. The molecule has 0 aliphatic heterocycles. The van der Waals surface area contributed by atoms with Crippen LogP contribution in [0.1, 0.15) is 40.3 Å². The molecule has 0 spiro atoms. The number of ether oxygens (including phenoxy) is 4. The summed E-state index contributed by atoms with van der Waals surface area (Å²) >= 11 is 19.3. The molecular weight excluding hydrogens is 653 g/mol. The number of aromatic nitrogens is 1. The van der Waals surface area contributed by atoms with E-state index in [0.717, 1.165) is 0 Å². The first kappa shape index (κ1) is 32.7. The van der Waals surface area contributed by atoms with Crippen molar-refractivity contribution in [3.63, 3.8) is 0 Å². The van der Waals surface area contributed by atoms with E-state index in [9.17, 15) is 9.59 Å². The molecule has 0 radical (unpaired) electrons. The summed E-state index contributed by atoms with van der Waals surface area (Å²) in [6, 6.07) is 20.1. The Bertz CT molecular complexity index is 1960. The van der Waals surface area contributed by atoms with E-state index in [4.69, 9.17) is 53.8 Å². The van der Waals surface area contributed by atoms with Crippen molar-refractivity contribution in [2.75, 3.05) is 20.3 Å². The zero-order valence-electron chi connectivity index (χ0n) is 25.0. The highest BCUT2D eigenvalue weighted by atomic mass is 35.5. The Balaban J connectivity index is 1.35. The van der Waals surface area contributed by atoms with Gasteiger partial charge in [-0.25, -0.2) is 10.2 Å². The lowest BCUT2D eigenvalue weighted by atomic mass is 10.0. The van der Waals surface area contributed by atoms with Crippen LogP contribution in [0, 0.1) is 0 Å². The third kappa shape index (κ3) is 7.07. The van der Waals surface area contributed by atoms with Crippen molar-refractivity contribution in [2.24, 2.45) is 5.10 Å². The van der Waals surface area contributed by atoms with Gasteiger partial charge < -0.3 is 23.9 Å². The standard InChI is InChI=1S/C34H28Cl3N3O6/c1-4-44-26-13-11-20(15-29(26)45-5-2)34(42)46-27-12-10-19(14-28(27)43-3)18-38-40-33(41)32-30(22-8-6-7-9-23(22)36)31-24(37)16-21(35)17-25(31)39-32/h6-18,39H,4-5H2,1-3H3,(H,40,41). The highest BCUT2D eigenvalue weighted by Gasteiger charge is 2.23. The van der Waals surface area contributed by atoms with E-state index in [-0.39, 0.29) is 22.8 Å². The van der Waals surface area contributed by atoms with Crippen LogP contribution < -0.4 is 24.4 Å². The maximum atomic E-state index is 13.4. The summed E-state index contributed by atoms with van der Waals surface area (Å²) in [5, 5.41) is 5.94. The minimum atomic E-state index is -0.606. The maximum absolute atomic E-state index is 13.4. The number of carbonyl (C=O) groups excluding carboxylic acids is 2. The van der Waals surface area contributed by atoms with Gasteiger partial charge in [0, 0.05) is 32.1 Å². The number of hydrazone groups is 1. The molecule has 1 heterocycles. The molecule has 0 fully saturated rings. The third-order valence-corrected chi connectivity index (χ3v) is 7.58. The summed E-state index contributed by atoms with van der Waals surface area (Å²) in [6.45, 7) is 4.57. The molecule has 46 heavy (non-hydrogen) atoms. The number of hydrogen-bond acceptors (Lipinski definition) is 7. The first-order valence-corrected chi connectivity index (χ1v) is 15.3. The lowest BCUT2D eigenvalue weighted by molar-refractivity contribution is 0.0728. The zero-order chi connectivity index (χ0) is 32.8. The first-order chi connectivity index (χ1) is 22.2. The van der Waals surface area contributed by atoms with E-state index in [1.807, 2.05) is 19.9 Å². The fourth-order valence-corrected chi connectivity index (χ4v) is 5.58. The number of hydrogen-bond donors (Lipinski definition) is 2. The van der Waals surface area contributed by atoms with Crippen LogP contribution in [0.15, 0.2) is 77.9 Å². The van der Waals surface area contributed by atoms with Crippen LogP contribution in [-0.2, 0) is 0 Å². The van der Waals surface area contributed by atoms with Crippen LogP contribution >= 0.6 is 34.8 Å². The average molecular weight is 681 g/mol. The minimum Gasteiger partial charge on any atom is -0.493 e. The fraction of sp³-hybridized carbons (Fsp3) is 0.147. The molecule has 0 atom stereocenters. The largest absolute Gasteiger partial charge is 0.493 e. The van der Waals surface area contributed by atoms with E-state index in [1.165, 1.54) is 13.3 Å². The number of amides is 1. The predicted octanol–water partition coefficient (Wildman–Crippen LogP) is 8.58. The van der Waals surface area contributed by atoms with Crippen molar-refractivity contribution >= 4 is 63.8 Å². The number of methoxy groups -OCH3 is 1. The Hall–Kier alpha value is -4.70. The Kier molecular flexibility index (Phi) is 10.4. The maximum Gasteiger partial charge on any atom is 0.343 e. The summed E-state index contributed by atoms with van der Waals surface area (Å²) in [4.78, 5) is 29.4. The molecule has 1 amide bonds. The van der Waals surface area contributed by atoms with Crippen molar-refractivity contribution in [3.8, 4) is 34.1 Å².